The van der Waals surface area contributed by atoms with Gasteiger partial charge in [0.15, 0.2) is 0 Å². The minimum atomic E-state index is -3.85. The van der Waals surface area contributed by atoms with E-state index in [0.29, 0.717) is 23.6 Å². The van der Waals surface area contributed by atoms with Crippen LogP contribution in [0.25, 0.3) is 6.08 Å². The Balaban J connectivity index is 1.74. The molecule has 1 aromatic carbocycles. The minimum Gasteiger partial charge on any atom is -0.362 e. The van der Waals surface area contributed by atoms with E-state index < -0.39 is 10.0 Å². The summed E-state index contributed by atoms with van der Waals surface area (Å²) in [5.74, 6) is 0.221. The molecule has 1 aromatic heterocycles. The van der Waals surface area contributed by atoms with Crippen LogP contribution < -0.4 is 5.32 Å². The molecule has 0 unspecified atom stereocenters. The first-order valence-corrected chi connectivity index (χ1v) is 11.7. The third-order valence-corrected chi connectivity index (χ3v) is 6.59. The number of rotatable bonds is 5. The second kappa shape index (κ2) is 9.32. The van der Waals surface area contributed by atoms with E-state index in [1.807, 2.05) is 24.3 Å². The maximum absolute atomic E-state index is 12.8. The lowest BCUT2D eigenvalue weighted by Gasteiger charge is -2.17. The number of nitrogens with one attached hydrogen (secondary N) is 1. The van der Waals surface area contributed by atoms with Gasteiger partial charge in [-0.05, 0) is 44.0 Å². The second-order valence-corrected chi connectivity index (χ2v) is 9.52. The van der Waals surface area contributed by atoms with Crippen molar-refractivity contribution >= 4 is 44.9 Å². The van der Waals surface area contributed by atoms with Crippen LogP contribution in [-0.2, 0) is 14.8 Å². The van der Waals surface area contributed by atoms with E-state index in [0.717, 1.165) is 30.8 Å². The van der Waals surface area contributed by atoms with Crippen molar-refractivity contribution in [3.05, 3.63) is 46.4 Å². The molecule has 154 valence electrons. The Morgan fingerprint density at radius 3 is 2.90 bits per heavy atom. The molecule has 7 nitrogen and oxygen atoms in total. The zero-order chi connectivity index (χ0) is 20.9. The summed E-state index contributed by atoms with van der Waals surface area (Å²) in [4.78, 5) is 18.4. The smallest absolute Gasteiger partial charge is 0.284 e. The molecule has 0 aliphatic carbocycles. The SMILES string of the molecule is Cc1nc(/C=C/C(=O)Nc2cccc(S(=O)(=O)/N=C3\CCCCCN3C)c2)cs1. The van der Waals surface area contributed by atoms with E-state index >= 15 is 0 Å². The normalized spacial score (nSPS) is 16.9. The number of aryl methyl sites for hydroxylation is 1. The number of carbonyl (C=O) groups excluding carboxylic acids is 1. The summed E-state index contributed by atoms with van der Waals surface area (Å²) in [7, 11) is -1.98. The van der Waals surface area contributed by atoms with Gasteiger partial charge in [-0.25, -0.2) is 4.98 Å². The molecular weight excluding hydrogens is 408 g/mol. The van der Waals surface area contributed by atoms with Gasteiger partial charge in [0.1, 0.15) is 5.84 Å². The van der Waals surface area contributed by atoms with Crippen molar-refractivity contribution in [3.8, 4) is 0 Å². The van der Waals surface area contributed by atoms with Gasteiger partial charge < -0.3 is 10.2 Å². The maximum Gasteiger partial charge on any atom is 0.284 e. The standard InChI is InChI=1S/C20H24N4O3S2/c1-15-21-17(14-28-15)10-11-20(25)22-16-7-6-8-18(13-16)29(26,27)23-19-9-4-3-5-12-24(19)2/h6-8,10-11,13-14H,3-5,9,12H2,1-2H3,(H,22,25)/b11-10+,23-19+. The van der Waals surface area contributed by atoms with Crippen molar-refractivity contribution in [2.75, 3.05) is 18.9 Å². The summed E-state index contributed by atoms with van der Waals surface area (Å²) >= 11 is 1.50. The number of thiazole rings is 1. The van der Waals surface area contributed by atoms with E-state index in [1.165, 1.54) is 29.5 Å². The lowest BCUT2D eigenvalue weighted by atomic mass is 10.2. The van der Waals surface area contributed by atoms with Gasteiger partial charge in [-0.2, -0.15) is 8.42 Å². The largest absolute Gasteiger partial charge is 0.362 e. The molecule has 1 aliphatic heterocycles. The quantitative estimate of drug-likeness (QED) is 0.728. The first-order valence-electron chi connectivity index (χ1n) is 9.40. The van der Waals surface area contributed by atoms with Crippen molar-refractivity contribution in [2.24, 2.45) is 4.40 Å². The average molecular weight is 433 g/mol. The molecule has 0 spiro atoms. The lowest BCUT2D eigenvalue weighted by molar-refractivity contribution is -0.111. The molecular formula is C20H24N4O3S2. The van der Waals surface area contributed by atoms with Gasteiger partial charge >= 0.3 is 0 Å². The molecule has 1 saturated heterocycles. The van der Waals surface area contributed by atoms with E-state index in [1.54, 1.807) is 18.2 Å². The zero-order valence-electron chi connectivity index (χ0n) is 16.5. The van der Waals surface area contributed by atoms with Crippen molar-refractivity contribution in [1.82, 2.24) is 9.88 Å². The molecule has 0 radical (unpaired) electrons. The fourth-order valence-electron chi connectivity index (χ4n) is 2.97. The van der Waals surface area contributed by atoms with Crippen molar-refractivity contribution in [2.45, 2.75) is 37.5 Å². The van der Waals surface area contributed by atoms with E-state index in [4.69, 9.17) is 0 Å². The molecule has 0 atom stereocenters. The Morgan fingerprint density at radius 1 is 1.31 bits per heavy atom. The number of likely N-dealkylation sites (tertiary alicyclic amines) is 1. The predicted octanol–water partition coefficient (Wildman–Crippen LogP) is 3.70. The molecule has 9 heteroatoms. The van der Waals surface area contributed by atoms with Crippen molar-refractivity contribution in [3.63, 3.8) is 0 Å². The molecule has 2 aromatic rings. The summed E-state index contributed by atoms with van der Waals surface area (Å²) < 4.78 is 29.6. The molecule has 1 N–H and O–H groups in total. The van der Waals surface area contributed by atoms with E-state index in [9.17, 15) is 13.2 Å². The van der Waals surface area contributed by atoms with Crippen LogP contribution in [0.5, 0.6) is 0 Å². The van der Waals surface area contributed by atoms with Crippen LogP contribution in [0.15, 0.2) is 45.0 Å². The van der Waals surface area contributed by atoms with Crippen LogP contribution in [0.2, 0.25) is 0 Å². The topological polar surface area (TPSA) is 91.7 Å². The number of amides is 1. The van der Waals surface area contributed by atoms with E-state index in [2.05, 4.69) is 14.7 Å². The molecule has 2 heterocycles. The van der Waals surface area contributed by atoms with Crippen LogP contribution in [0.3, 0.4) is 0 Å². The van der Waals surface area contributed by atoms with Crippen molar-refractivity contribution < 1.29 is 13.2 Å². The Labute approximate surface area is 175 Å². The number of aromatic nitrogens is 1. The highest BCUT2D eigenvalue weighted by molar-refractivity contribution is 7.90. The van der Waals surface area contributed by atoms with Crippen LogP contribution in [0.1, 0.15) is 36.4 Å². The molecule has 3 rings (SSSR count). The number of hydrogen-bond acceptors (Lipinski definition) is 5. The maximum atomic E-state index is 12.8. The van der Waals surface area contributed by atoms with Gasteiger partial charge in [0.2, 0.25) is 5.91 Å². The number of amidine groups is 1. The summed E-state index contributed by atoms with van der Waals surface area (Å²) in [5.41, 5.74) is 1.10. The minimum absolute atomic E-state index is 0.0551. The number of carbonyl (C=O) groups is 1. The lowest BCUT2D eigenvalue weighted by Crippen LogP contribution is -2.26. The number of benzene rings is 1. The van der Waals surface area contributed by atoms with Crippen molar-refractivity contribution in [1.29, 1.82) is 0 Å². The average Bonchev–Trinajstić information content (AvgIpc) is 3.00. The molecule has 1 aliphatic rings. The zero-order valence-corrected chi connectivity index (χ0v) is 18.1. The van der Waals surface area contributed by atoms with Gasteiger partial charge in [0, 0.05) is 37.2 Å². The van der Waals surface area contributed by atoms with Crippen LogP contribution in [0.4, 0.5) is 5.69 Å². The van der Waals surface area contributed by atoms with E-state index in [-0.39, 0.29) is 10.8 Å². The Hall–Kier alpha value is -2.52. The first-order chi connectivity index (χ1) is 13.8. The highest BCUT2D eigenvalue weighted by Gasteiger charge is 2.18. The summed E-state index contributed by atoms with van der Waals surface area (Å²) in [5, 5.41) is 5.46. The third kappa shape index (κ3) is 5.98. The number of sulfonamides is 1. The van der Waals surface area contributed by atoms with Gasteiger partial charge in [-0.1, -0.05) is 12.5 Å². The van der Waals surface area contributed by atoms with Gasteiger partial charge in [0.05, 0.1) is 15.6 Å². The van der Waals surface area contributed by atoms with Crippen LogP contribution >= 0.6 is 11.3 Å². The molecule has 1 fully saturated rings. The monoisotopic (exact) mass is 432 g/mol. The van der Waals surface area contributed by atoms with Crippen LogP contribution in [0, 0.1) is 6.92 Å². The number of nitrogens with zero attached hydrogens (tertiary/aromatic N) is 3. The van der Waals surface area contributed by atoms with Gasteiger partial charge in [-0.15, -0.1) is 15.7 Å². The number of hydrogen-bond donors (Lipinski definition) is 1. The molecule has 1 amide bonds. The highest BCUT2D eigenvalue weighted by Crippen LogP contribution is 2.20. The summed E-state index contributed by atoms with van der Waals surface area (Å²) in [6.07, 6.45) is 6.67. The summed E-state index contributed by atoms with van der Waals surface area (Å²) in [6, 6.07) is 6.14. The fraction of sp³-hybridized carbons (Fsp3) is 0.350. The Kier molecular flexibility index (Phi) is 6.81. The molecule has 0 bridgehead atoms. The van der Waals surface area contributed by atoms with Gasteiger partial charge in [-0.3, -0.25) is 4.79 Å². The van der Waals surface area contributed by atoms with Crippen LogP contribution in [-0.4, -0.2) is 43.6 Å². The first kappa shape index (κ1) is 21.2. The second-order valence-electron chi connectivity index (χ2n) is 6.86. The molecule has 0 saturated carbocycles. The third-order valence-electron chi connectivity index (χ3n) is 4.50. The summed E-state index contributed by atoms with van der Waals surface area (Å²) in [6.45, 7) is 2.69. The fourth-order valence-corrected chi connectivity index (χ4v) is 4.69. The Bertz CT molecular complexity index is 1040. The van der Waals surface area contributed by atoms with Gasteiger partial charge in [0.25, 0.3) is 10.0 Å². The predicted molar refractivity (Wildman–Crippen MR) is 117 cm³/mol. The Morgan fingerprint density at radius 2 is 2.14 bits per heavy atom. The number of anilines is 1. The molecule has 29 heavy (non-hydrogen) atoms. The highest BCUT2D eigenvalue weighted by atomic mass is 32.2.